The first-order valence-electron chi connectivity index (χ1n) is 7.69. The van der Waals surface area contributed by atoms with E-state index in [0.717, 1.165) is 23.2 Å². The van der Waals surface area contributed by atoms with E-state index < -0.39 is 0 Å². The lowest BCUT2D eigenvalue weighted by atomic mass is 9.79. The zero-order valence-electron chi connectivity index (χ0n) is 12.8. The number of carbonyl (C=O) groups excluding carboxylic acids is 1. The second-order valence-corrected chi connectivity index (χ2v) is 6.26. The molecule has 0 aromatic heterocycles. The van der Waals surface area contributed by atoms with Crippen LogP contribution in [0.1, 0.15) is 46.5 Å². The molecule has 1 aromatic rings. The van der Waals surface area contributed by atoms with E-state index in [1.54, 1.807) is 0 Å². The van der Waals surface area contributed by atoms with Crippen molar-refractivity contribution in [2.45, 2.75) is 52.5 Å². The summed E-state index contributed by atoms with van der Waals surface area (Å²) in [5.41, 5.74) is 1.96. The second-order valence-electron chi connectivity index (χ2n) is 6.26. The minimum atomic E-state index is -0.0282. The number of carbonyl (C=O) groups is 1. The fraction of sp³-hybridized carbons (Fsp3) is 0.588. The summed E-state index contributed by atoms with van der Waals surface area (Å²) in [4.78, 5) is 11.1. The Morgan fingerprint density at radius 1 is 1.15 bits per heavy atom. The molecule has 0 heterocycles. The number of benzene rings is 1. The van der Waals surface area contributed by atoms with E-state index in [4.69, 9.17) is 0 Å². The van der Waals surface area contributed by atoms with Crippen molar-refractivity contribution < 1.29 is 4.79 Å². The molecule has 0 atom stereocenters. The SMILES string of the molecule is CC(=O)Nc1cccc(NC2CCC(C(C)C)CC2)c1. The van der Waals surface area contributed by atoms with Crippen molar-refractivity contribution in [2.24, 2.45) is 11.8 Å². The van der Waals surface area contributed by atoms with E-state index in [9.17, 15) is 4.79 Å². The van der Waals surface area contributed by atoms with Gasteiger partial charge in [0.2, 0.25) is 5.91 Å². The van der Waals surface area contributed by atoms with Crippen molar-refractivity contribution >= 4 is 17.3 Å². The summed E-state index contributed by atoms with van der Waals surface area (Å²) in [6.07, 6.45) is 5.13. The summed E-state index contributed by atoms with van der Waals surface area (Å²) in [5, 5.41) is 6.43. The van der Waals surface area contributed by atoms with E-state index in [1.807, 2.05) is 18.2 Å². The molecule has 1 aliphatic carbocycles. The highest BCUT2D eigenvalue weighted by atomic mass is 16.1. The van der Waals surface area contributed by atoms with Gasteiger partial charge in [0.25, 0.3) is 0 Å². The fourth-order valence-corrected chi connectivity index (χ4v) is 3.06. The predicted molar refractivity (Wildman–Crippen MR) is 85.0 cm³/mol. The first-order valence-corrected chi connectivity index (χ1v) is 7.69. The number of rotatable bonds is 4. The van der Waals surface area contributed by atoms with Crippen LogP contribution in [-0.2, 0) is 4.79 Å². The highest BCUT2D eigenvalue weighted by molar-refractivity contribution is 5.89. The molecule has 110 valence electrons. The van der Waals surface area contributed by atoms with Gasteiger partial charge in [-0.2, -0.15) is 0 Å². The molecule has 2 rings (SSSR count). The molecule has 3 heteroatoms. The maximum Gasteiger partial charge on any atom is 0.221 e. The number of amides is 1. The number of hydrogen-bond acceptors (Lipinski definition) is 2. The minimum absolute atomic E-state index is 0.0282. The zero-order chi connectivity index (χ0) is 14.5. The normalized spacial score (nSPS) is 22.6. The first kappa shape index (κ1) is 14.9. The first-order chi connectivity index (χ1) is 9.54. The second kappa shape index (κ2) is 6.78. The van der Waals surface area contributed by atoms with Crippen LogP contribution in [0.2, 0.25) is 0 Å². The number of nitrogens with one attached hydrogen (secondary N) is 2. The molecule has 0 radical (unpaired) electrons. The van der Waals surface area contributed by atoms with Gasteiger partial charge in [0.05, 0.1) is 0 Å². The van der Waals surface area contributed by atoms with Gasteiger partial charge in [-0.25, -0.2) is 0 Å². The van der Waals surface area contributed by atoms with Gasteiger partial charge in [-0.15, -0.1) is 0 Å². The van der Waals surface area contributed by atoms with Crippen LogP contribution in [0.4, 0.5) is 11.4 Å². The zero-order valence-corrected chi connectivity index (χ0v) is 12.8. The molecule has 20 heavy (non-hydrogen) atoms. The molecular weight excluding hydrogens is 248 g/mol. The van der Waals surface area contributed by atoms with Crippen molar-refractivity contribution in [3.8, 4) is 0 Å². The predicted octanol–water partition coefficient (Wildman–Crippen LogP) is 4.27. The highest BCUT2D eigenvalue weighted by Gasteiger charge is 2.22. The Kier molecular flexibility index (Phi) is 5.05. The van der Waals surface area contributed by atoms with Crippen LogP contribution < -0.4 is 10.6 Å². The molecule has 1 aromatic carbocycles. The molecule has 2 N–H and O–H groups in total. The molecule has 0 aliphatic heterocycles. The maximum atomic E-state index is 11.1. The molecule has 0 spiro atoms. The fourth-order valence-electron chi connectivity index (χ4n) is 3.06. The Balaban J connectivity index is 1.89. The van der Waals surface area contributed by atoms with Gasteiger partial charge >= 0.3 is 0 Å². The summed E-state index contributed by atoms with van der Waals surface area (Å²) in [6.45, 7) is 6.19. The van der Waals surface area contributed by atoms with Gasteiger partial charge in [0, 0.05) is 24.3 Å². The van der Waals surface area contributed by atoms with Gasteiger partial charge in [-0.1, -0.05) is 19.9 Å². The lowest BCUT2D eigenvalue weighted by molar-refractivity contribution is -0.114. The van der Waals surface area contributed by atoms with Crippen molar-refractivity contribution in [1.82, 2.24) is 0 Å². The molecule has 0 unspecified atom stereocenters. The van der Waals surface area contributed by atoms with E-state index in [2.05, 4.69) is 30.5 Å². The monoisotopic (exact) mass is 274 g/mol. The van der Waals surface area contributed by atoms with Crippen LogP contribution in [0, 0.1) is 11.8 Å². The Bertz CT molecular complexity index is 448. The topological polar surface area (TPSA) is 41.1 Å². The summed E-state index contributed by atoms with van der Waals surface area (Å²) in [7, 11) is 0. The molecule has 0 bridgehead atoms. The molecule has 3 nitrogen and oxygen atoms in total. The summed E-state index contributed by atoms with van der Waals surface area (Å²) in [6, 6.07) is 8.54. The molecular formula is C17H26N2O. The van der Waals surface area contributed by atoms with Crippen molar-refractivity contribution in [3.05, 3.63) is 24.3 Å². The van der Waals surface area contributed by atoms with E-state index in [-0.39, 0.29) is 5.91 Å². The third kappa shape index (κ3) is 4.26. The van der Waals surface area contributed by atoms with Crippen LogP contribution >= 0.6 is 0 Å². The third-order valence-corrected chi connectivity index (χ3v) is 4.27. The number of hydrogen-bond donors (Lipinski definition) is 2. The molecule has 0 saturated heterocycles. The van der Waals surface area contributed by atoms with Gasteiger partial charge in [-0.3, -0.25) is 4.79 Å². The highest BCUT2D eigenvalue weighted by Crippen LogP contribution is 2.31. The van der Waals surface area contributed by atoms with E-state index in [1.165, 1.54) is 32.6 Å². The van der Waals surface area contributed by atoms with Crippen LogP contribution in [0.25, 0.3) is 0 Å². The van der Waals surface area contributed by atoms with E-state index >= 15 is 0 Å². The summed E-state index contributed by atoms with van der Waals surface area (Å²) >= 11 is 0. The van der Waals surface area contributed by atoms with Gasteiger partial charge in [0.15, 0.2) is 0 Å². The Hall–Kier alpha value is -1.51. The quantitative estimate of drug-likeness (QED) is 0.860. The van der Waals surface area contributed by atoms with Crippen LogP contribution in [0.5, 0.6) is 0 Å². The van der Waals surface area contributed by atoms with Gasteiger partial charge in [0.1, 0.15) is 0 Å². The van der Waals surface area contributed by atoms with E-state index in [0.29, 0.717) is 6.04 Å². The lowest BCUT2D eigenvalue weighted by Crippen LogP contribution is -2.27. The van der Waals surface area contributed by atoms with Crippen LogP contribution in [-0.4, -0.2) is 11.9 Å². The Morgan fingerprint density at radius 3 is 2.40 bits per heavy atom. The Morgan fingerprint density at radius 2 is 1.80 bits per heavy atom. The summed E-state index contributed by atoms with van der Waals surface area (Å²) in [5.74, 6) is 1.66. The van der Waals surface area contributed by atoms with Crippen LogP contribution in [0.15, 0.2) is 24.3 Å². The van der Waals surface area contributed by atoms with Gasteiger partial charge in [-0.05, 0) is 55.7 Å². The molecule has 1 saturated carbocycles. The van der Waals surface area contributed by atoms with Crippen molar-refractivity contribution in [3.63, 3.8) is 0 Å². The Labute approximate surface area is 122 Å². The average molecular weight is 274 g/mol. The lowest BCUT2D eigenvalue weighted by Gasteiger charge is -2.32. The van der Waals surface area contributed by atoms with Crippen molar-refractivity contribution in [1.29, 1.82) is 0 Å². The van der Waals surface area contributed by atoms with Crippen LogP contribution in [0.3, 0.4) is 0 Å². The molecule has 1 fully saturated rings. The van der Waals surface area contributed by atoms with Gasteiger partial charge < -0.3 is 10.6 Å². The smallest absolute Gasteiger partial charge is 0.221 e. The number of anilines is 2. The minimum Gasteiger partial charge on any atom is -0.382 e. The average Bonchev–Trinajstić information content (AvgIpc) is 2.39. The third-order valence-electron chi connectivity index (χ3n) is 4.27. The molecule has 1 aliphatic rings. The summed E-state index contributed by atoms with van der Waals surface area (Å²) < 4.78 is 0. The maximum absolute atomic E-state index is 11.1. The van der Waals surface area contributed by atoms with Crippen molar-refractivity contribution in [2.75, 3.05) is 10.6 Å². The largest absolute Gasteiger partial charge is 0.382 e. The standard InChI is InChI=1S/C17H26N2O/c1-12(2)14-7-9-15(10-8-14)19-17-6-4-5-16(11-17)18-13(3)20/h4-6,11-12,14-15,19H,7-10H2,1-3H3,(H,18,20). The molecule has 1 amide bonds.